The molecule has 1 saturated heterocycles. The number of hydrogen-bond acceptors (Lipinski definition) is 5. The molecule has 1 aliphatic rings. The number of rotatable bonds is 5. The number of anilines is 1. The van der Waals surface area contributed by atoms with Crippen LogP contribution >= 0.6 is 0 Å². The molecular formula is C18H22N4O3. The summed E-state index contributed by atoms with van der Waals surface area (Å²) in [6.07, 6.45) is 3.46. The Balaban J connectivity index is 1.54. The van der Waals surface area contributed by atoms with Crippen LogP contribution < -0.4 is 15.2 Å². The summed E-state index contributed by atoms with van der Waals surface area (Å²) >= 11 is 0. The van der Waals surface area contributed by atoms with Crippen LogP contribution in [0.5, 0.6) is 5.75 Å². The molecule has 7 nitrogen and oxygen atoms in total. The summed E-state index contributed by atoms with van der Waals surface area (Å²) in [6.45, 7) is 4.96. The number of H-pyrrole nitrogens is 1. The van der Waals surface area contributed by atoms with E-state index in [2.05, 4.69) is 9.97 Å². The third-order valence-corrected chi connectivity index (χ3v) is 4.21. The number of amides is 1. The standard InChI is InChI=1S/C18H22N4O3/c1-2-25-15-5-3-14(4-6-15)13-16(23)21-9-11-22(12-10-21)17-18(24)20-8-7-19-17/h3-8H,2,9-13H2,1H3,(H,20,24). The van der Waals surface area contributed by atoms with E-state index >= 15 is 0 Å². The van der Waals surface area contributed by atoms with Gasteiger partial charge in [-0.3, -0.25) is 9.59 Å². The van der Waals surface area contributed by atoms with Gasteiger partial charge in [0.2, 0.25) is 5.91 Å². The van der Waals surface area contributed by atoms with Crippen molar-refractivity contribution in [2.45, 2.75) is 13.3 Å². The van der Waals surface area contributed by atoms with E-state index in [-0.39, 0.29) is 11.5 Å². The maximum atomic E-state index is 12.5. The summed E-state index contributed by atoms with van der Waals surface area (Å²) in [7, 11) is 0. The lowest BCUT2D eigenvalue weighted by atomic mass is 10.1. The highest BCUT2D eigenvalue weighted by atomic mass is 16.5. The molecule has 3 rings (SSSR count). The monoisotopic (exact) mass is 342 g/mol. The van der Waals surface area contributed by atoms with Gasteiger partial charge in [-0.15, -0.1) is 0 Å². The number of carbonyl (C=O) groups excluding carboxylic acids is 1. The molecule has 1 amide bonds. The van der Waals surface area contributed by atoms with Gasteiger partial charge < -0.3 is 19.5 Å². The van der Waals surface area contributed by atoms with E-state index < -0.39 is 0 Å². The van der Waals surface area contributed by atoms with Crippen LogP contribution in [0.2, 0.25) is 0 Å². The molecule has 7 heteroatoms. The Morgan fingerprint density at radius 3 is 2.56 bits per heavy atom. The van der Waals surface area contributed by atoms with Crippen LogP contribution in [0.15, 0.2) is 41.5 Å². The second-order valence-electron chi connectivity index (χ2n) is 5.86. The Labute approximate surface area is 146 Å². The lowest BCUT2D eigenvalue weighted by molar-refractivity contribution is -0.130. The largest absolute Gasteiger partial charge is 0.494 e. The van der Waals surface area contributed by atoms with Crippen LogP contribution in [0.4, 0.5) is 5.82 Å². The molecule has 0 atom stereocenters. The zero-order chi connectivity index (χ0) is 17.6. The minimum Gasteiger partial charge on any atom is -0.494 e. The number of aromatic nitrogens is 2. The normalized spacial score (nSPS) is 14.4. The summed E-state index contributed by atoms with van der Waals surface area (Å²) in [5.74, 6) is 1.33. The van der Waals surface area contributed by atoms with E-state index in [4.69, 9.17) is 4.74 Å². The third kappa shape index (κ3) is 4.17. The smallest absolute Gasteiger partial charge is 0.290 e. The zero-order valence-electron chi connectivity index (χ0n) is 14.3. The van der Waals surface area contributed by atoms with Crippen molar-refractivity contribution in [3.8, 4) is 5.75 Å². The van der Waals surface area contributed by atoms with Crippen molar-refractivity contribution >= 4 is 11.7 Å². The van der Waals surface area contributed by atoms with Crippen molar-refractivity contribution in [1.29, 1.82) is 0 Å². The molecule has 1 aromatic carbocycles. The molecule has 2 heterocycles. The van der Waals surface area contributed by atoms with Gasteiger partial charge in [0.15, 0.2) is 5.82 Å². The van der Waals surface area contributed by atoms with E-state index in [1.807, 2.05) is 41.0 Å². The molecule has 0 saturated carbocycles. The maximum Gasteiger partial charge on any atom is 0.290 e. The highest BCUT2D eigenvalue weighted by molar-refractivity contribution is 5.79. The Bertz CT molecular complexity index is 764. The highest BCUT2D eigenvalue weighted by Gasteiger charge is 2.23. The lowest BCUT2D eigenvalue weighted by Gasteiger charge is -2.35. The van der Waals surface area contributed by atoms with E-state index in [0.29, 0.717) is 45.0 Å². The molecule has 0 radical (unpaired) electrons. The van der Waals surface area contributed by atoms with Crippen molar-refractivity contribution in [3.63, 3.8) is 0 Å². The van der Waals surface area contributed by atoms with E-state index in [1.54, 1.807) is 6.20 Å². The molecule has 0 spiro atoms. The summed E-state index contributed by atoms with van der Waals surface area (Å²) < 4.78 is 5.41. The van der Waals surface area contributed by atoms with Gasteiger partial charge in [0.25, 0.3) is 5.56 Å². The molecule has 25 heavy (non-hydrogen) atoms. The van der Waals surface area contributed by atoms with Crippen LogP contribution in [0, 0.1) is 0 Å². The topological polar surface area (TPSA) is 78.5 Å². The fraction of sp³-hybridized carbons (Fsp3) is 0.389. The molecule has 2 aromatic rings. The van der Waals surface area contributed by atoms with Gasteiger partial charge >= 0.3 is 0 Å². The quantitative estimate of drug-likeness (QED) is 0.879. The fourth-order valence-corrected chi connectivity index (χ4v) is 2.89. The number of aromatic amines is 1. The average Bonchev–Trinajstić information content (AvgIpc) is 2.64. The van der Waals surface area contributed by atoms with Gasteiger partial charge in [-0.2, -0.15) is 0 Å². The van der Waals surface area contributed by atoms with Crippen LogP contribution in [-0.4, -0.2) is 53.6 Å². The summed E-state index contributed by atoms with van der Waals surface area (Å²) in [5, 5.41) is 0. The number of piperazine rings is 1. The van der Waals surface area contributed by atoms with Crippen LogP contribution in [0.3, 0.4) is 0 Å². The molecule has 1 fully saturated rings. The third-order valence-electron chi connectivity index (χ3n) is 4.21. The average molecular weight is 342 g/mol. The van der Waals surface area contributed by atoms with Crippen molar-refractivity contribution in [2.75, 3.05) is 37.7 Å². The highest BCUT2D eigenvalue weighted by Crippen LogP contribution is 2.14. The van der Waals surface area contributed by atoms with E-state index in [9.17, 15) is 9.59 Å². The van der Waals surface area contributed by atoms with Crippen molar-refractivity contribution in [2.24, 2.45) is 0 Å². The minimum atomic E-state index is -0.198. The molecular weight excluding hydrogens is 320 g/mol. The van der Waals surface area contributed by atoms with Crippen molar-refractivity contribution in [3.05, 3.63) is 52.6 Å². The van der Waals surface area contributed by atoms with Crippen molar-refractivity contribution < 1.29 is 9.53 Å². The van der Waals surface area contributed by atoms with Gasteiger partial charge in [0, 0.05) is 38.6 Å². The fourth-order valence-electron chi connectivity index (χ4n) is 2.89. The van der Waals surface area contributed by atoms with Gasteiger partial charge in [-0.25, -0.2) is 4.98 Å². The molecule has 0 unspecified atom stereocenters. The number of benzene rings is 1. The number of carbonyl (C=O) groups is 1. The Morgan fingerprint density at radius 2 is 1.92 bits per heavy atom. The van der Waals surface area contributed by atoms with Gasteiger partial charge in [0.05, 0.1) is 13.0 Å². The van der Waals surface area contributed by atoms with Gasteiger partial charge in [-0.1, -0.05) is 12.1 Å². The minimum absolute atomic E-state index is 0.0961. The number of hydrogen-bond donors (Lipinski definition) is 1. The Hall–Kier alpha value is -2.83. The molecule has 0 aliphatic carbocycles. The van der Waals surface area contributed by atoms with Crippen molar-refractivity contribution in [1.82, 2.24) is 14.9 Å². The molecule has 1 N–H and O–H groups in total. The first kappa shape index (κ1) is 17.0. The number of ether oxygens (including phenoxy) is 1. The van der Waals surface area contributed by atoms with E-state index in [1.165, 1.54) is 6.20 Å². The molecule has 132 valence electrons. The SMILES string of the molecule is CCOc1ccc(CC(=O)N2CCN(c3ncc[nH]c3=O)CC2)cc1. The predicted octanol–water partition coefficient (Wildman–Crippen LogP) is 1.06. The second kappa shape index (κ2) is 7.83. The predicted molar refractivity (Wildman–Crippen MR) is 95.0 cm³/mol. The Morgan fingerprint density at radius 1 is 1.20 bits per heavy atom. The zero-order valence-corrected chi connectivity index (χ0v) is 14.3. The molecule has 1 aromatic heterocycles. The van der Waals surface area contributed by atoms with Crippen LogP contribution in [0.25, 0.3) is 0 Å². The summed E-state index contributed by atoms with van der Waals surface area (Å²) in [4.78, 5) is 34.8. The van der Waals surface area contributed by atoms with Gasteiger partial charge in [0.1, 0.15) is 5.75 Å². The summed E-state index contributed by atoms with van der Waals surface area (Å²) in [5.41, 5.74) is 0.772. The van der Waals surface area contributed by atoms with Gasteiger partial charge in [-0.05, 0) is 24.6 Å². The van der Waals surface area contributed by atoms with Crippen LogP contribution in [-0.2, 0) is 11.2 Å². The first-order chi connectivity index (χ1) is 12.2. The second-order valence-corrected chi connectivity index (χ2v) is 5.86. The molecule has 1 aliphatic heterocycles. The summed E-state index contributed by atoms with van der Waals surface area (Å²) in [6, 6.07) is 7.62. The van der Waals surface area contributed by atoms with E-state index in [0.717, 1.165) is 11.3 Å². The van der Waals surface area contributed by atoms with Crippen LogP contribution in [0.1, 0.15) is 12.5 Å². The first-order valence-electron chi connectivity index (χ1n) is 8.45. The molecule has 0 bridgehead atoms. The number of nitrogens with zero attached hydrogens (tertiary/aromatic N) is 3. The number of nitrogens with one attached hydrogen (secondary N) is 1. The Kier molecular flexibility index (Phi) is 5.33. The maximum absolute atomic E-state index is 12.5. The first-order valence-corrected chi connectivity index (χ1v) is 8.45. The lowest BCUT2D eigenvalue weighted by Crippen LogP contribution is -2.50.